The van der Waals surface area contributed by atoms with Gasteiger partial charge in [-0.25, -0.2) is 0 Å². The second kappa shape index (κ2) is 4.76. The highest BCUT2D eigenvalue weighted by molar-refractivity contribution is 6.11. The van der Waals surface area contributed by atoms with Gasteiger partial charge in [0.15, 0.2) is 5.78 Å². The van der Waals surface area contributed by atoms with Gasteiger partial charge < -0.3 is 11.5 Å². The molecule has 0 aliphatic rings. The highest BCUT2D eigenvalue weighted by Crippen LogP contribution is 2.15. The van der Waals surface area contributed by atoms with E-state index in [0.717, 1.165) is 5.56 Å². The van der Waals surface area contributed by atoms with Crippen LogP contribution in [0.4, 0.5) is 5.69 Å². The smallest absolute Gasteiger partial charge is 0.196 e. The normalized spacial score (nSPS) is 10.2. The molecule has 0 radical (unpaired) electrons. The summed E-state index contributed by atoms with van der Waals surface area (Å²) < 4.78 is 0. The zero-order valence-corrected chi connectivity index (χ0v) is 9.26. The van der Waals surface area contributed by atoms with Crippen molar-refractivity contribution in [2.75, 3.05) is 5.73 Å². The molecular formula is C13H13N3O. The van der Waals surface area contributed by atoms with Crippen LogP contribution in [0.3, 0.4) is 0 Å². The summed E-state index contributed by atoms with van der Waals surface area (Å²) in [6.45, 7) is 0.462. The van der Waals surface area contributed by atoms with Crippen LogP contribution < -0.4 is 11.5 Å². The van der Waals surface area contributed by atoms with Crippen LogP contribution in [0.2, 0.25) is 0 Å². The number of hydrogen-bond donors (Lipinski definition) is 2. The topological polar surface area (TPSA) is 82.0 Å². The molecule has 2 aromatic rings. The SMILES string of the molecule is NCc1ccc(C(=O)c2cnccc2N)cc1. The molecule has 1 aromatic heterocycles. The van der Waals surface area contributed by atoms with Gasteiger partial charge in [0, 0.05) is 30.2 Å². The summed E-state index contributed by atoms with van der Waals surface area (Å²) in [6, 6.07) is 8.77. The third-order valence-corrected chi connectivity index (χ3v) is 2.55. The van der Waals surface area contributed by atoms with Gasteiger partial charge in [0.25, 0.3) is 0 Å². The minimum absolute atomic E-state index is 0.126. The van der Waals surface area contributed by atoms with Crippen molar-refractivity contribution < 1.29 is 4.79 Å². The molecule has 0 spiro atoms. The van der Waals surface area contributed by atoms with Crippen molar-refractivity contribution in [2.24, 2.45) is 5.73 Å². The van der Waals surface area contributed by atoms with Crippen molar-refractivity contribution in [1.29, 1.82) is 0 Å². The average Bonchev–Trinajstić information content (AvgIpc) is 2.39. The molecule has 0 saturated carbocycles. The number of carbonyl (C=O) groups is 1. The number of nitrogens with two attached hydrogens (primary N) is 2. The summed E-state index contributed by atoms with van der Waals surface area (Å²) in [7, 11) is 0. The van der Waals surface area contributed by atoms with Crippen molar-refractivity contribution in [3.8, 4) is 0 Å². The fourth-order valence-corrected chi connectivity index (χ4v) is 1.54. The van der Waals surface area contributed by atoms with Gasteiger partial charge in [-0.1, -0.05) is 24.3 Å². The van der Waals surface area contributed by atoms with E-state index in [9.17, 15) is 4.79 Å². The Morgan fingerprint density at radius 2 is 1.88 bits per heavy atom. The molecule has 2 rings (SSSR count). The first-order valence-electron chi connectivity index (χ1n) is 5.25. The third kappa shape index (κ3) is 2.32. The second-order valence-corrected chi connectivity index (χ2v) is 3.69. The van der Waals surface area contributed by atoms with Crippen molar-refractivity contribution in [2.45, 2.75) is 6.54 Å². The molecule has 0 fully saturated rings. The van der Waals surface area contributed by atoms with Gasteiger partial charge in [-0.05, 0) is 11.6 Å². The van der Waals surface area contributed by atoms with Gasteiger partial charge in [-0.3, -0.25) is 9.78 Å². The van der Waals surface area contributed by atoms with Gasteiger partial charge in [0.1, 0.15) is 0 Å². The highest BCUT2D eigenvalue weighted by Gasteiger charge is 2.11. The molecule has 86 valence electrons. The number of hydrogen-bond acceptors (Lipinski definition) is 4. The minimum Gasteiger partial charge on any atom is -0.398 e. The van der Waals surface area contributed by atoms with E-state index in [1.807, 2.05) is 12.1 Å². The lowest BCUT2D eigenvalue weighted by Crippen LogP contribution is -2.06. The van der Waals surface area contributed by atoms with Crippen LogP contribution in [0.25, 0.3) is 0 Å². The number of ketones is 1. The molecule has 0 bridgehead atoms. The van der Waals surface area contributed by atoms with Crippen molar-refractivity contribution in [3.05, 3.63) is 59.4 Å². The summed E-state index contributed by atoms with van der Waals surface area (Å²) in [4.78, 5) is 16.0. The van der Waals surface area contributed by atoms with E-state index < -0.39 is 0 Å². The average molecular weight is 227 g/mol. The number of pyridine rings is 1. The summed E-state index contributed by atoms with van der Waals surface area (Å²) >= 11 is 0. The molecule has 0 atom stereocenters. The van der Waals surface area contributed by atoms with Crippen LogP contribution in [-0.4, -0.2) is 10.8 Å². The molecule has 0 aliphatic heterocycles. The largest absolute Gasteiger partial charge is 0.398 e. The van der Waals surface area contributed by atoms with E-state index in [0.29, 0.717) is 23.4 Å². The van der Waals surface area contributed by atoms with Crippen LogP contribution in [-0.2, 0) is 6.54 Å². The number of benzene rings is 1. The Morgan fingerprint density at radius 3 is 2.47 bits per heavy atom. The molecule has 0 aliphatic carbocycles. The number of aromatic nitrogens is 1. The molecule has 0 unspecified atom stereocenters. The van der Waals surface area contributed by atoms with Crippen LogP contribution in [0.15, 0.2) is 42.7 Å². The van der Waals surface area contributed by atoms with Crippen molar-refractivity contribution in [3.63, 3.8) is 0 Å². The number of anilines is 1. The first kappa shape index (κ1) is 11.3. The predicted octanol–water partition coefficient (Wildman–Crippen LogP) is 1.35. The Bertz CT molecular complexity index is 535. The maximum absolute atomic E-state index is 12.1. The van der Waals surface area contributed by atoms with Crippen molar-refractivity contribution in [1.82, 2.24) is 4.98 Å². The molecular weight excluding hydrogens is 214 g/mol. The van der Waals surface area contributed by atoms with Gasteiger partial charge in [-0.2, -0.15) is 0 Å². The number of rotatable bonds is 3. The van der Waals surface area contributed by atoms with Crippen LogP contribution >= 0.6 is 0 Å². The fraction of sp³-hybridized carbons (Fsp3) is 0.0769. The zero-order valence-electron chi connectivity index (χ0n) is 9.26. The summed E-state index contributed by atoms with van der Waals surface area (Å²) in [5.74, 6) is -0.126. The molecule has 0 saturated heterocycles. The molecule has 0 amide bonds. The van der Waals surface area contributed by atoms with Gasteiger partial charge in [0.05, 0.1) is 5.56 Å². The zero-order chi connectivity index (χ0) is 12.3. The molecule has 17 heavy (non-hydrogen) atoms. The van der Waals surface area contributed by atoms with Crippen LogP contribution in [0, 0.1) is 0 Å². The lowest BCUT2D eigenvalue weighted by atomic mass is 10.0. The lowest BCUT2D eigenvalue weighted by Gasteiger charge is -2.04. The fourth-order valence-electron chi connectivity index (χ4n) is 1.54. The molecule has 4 heteroatoms. The van der Waals surface area contributed by atoms with Crippen LogP contribution in [0.1, 0.15) is 21.5 Å². The van der Waals surface area contributed by atoms with E-state index in [-0.39, 0.29) is 5.78 Å². The predicted molar refractivity (Wildman–Crippen MR) is 66.4 cm³/mol. The van der Waals surface area contributed by atoms with E-state index in [1.54, 1.807) is 24.4 Å². The molecule has 4 nitrogen and oxygen atoms in total. The van der Waals surface area contributed by atoms with Crippen molar-refractivity contribution >= 4 is 11.5 Å². The Labute approximate surface area is 99.3 Å². The van der Waals surface area contributed by atoms with E-state index in [1.165, 1.54) is 6.20 Å². The molecule has 1 heterocycles. The number of nitrogens with zero attached hydrogens (tertiary/aromatic N) is 1. The molecule has 1 aromatic carbocycles. The van der Waals surface area contributed by atoms with Gasteiger partial charge in [0.2, 0.25) is 0 Å². The third-order valence-electron chi connectivity index (χ3n) is 2.55. The number of nitrogen functional groups attached to an aromatic ring is 1. The Morgan fingerprint density at radius 1 is 1.18 bits per heavy atom. The second-order valence-electron chi connectivity index (χ2n) is 3.69. The first-order chi connectivity index (χ1) is 8.22. The van der Waals surface area contributed by atoms with Crippen LogP contribution in [0.5, 0.6) is 0 Å². The monoisotopic (exact) mass is 227 g/mol. The van der Waals surface area contributed by atoms with Gasteiger partial charge >= 0.3 is 0 Å². The minimum atomic E-state index is -0.126. The quantitative estimate of drug-likeness (QED) is 0.775. The Hall–Kier alpha value is -2.20. The van der Waals surface area contributed by atoms with E-state index in [4.69, 9.17) is 11.5 Å². The Kier molecular flexibility index (Phi) is 3.16. The maximum Gasteiger partial charge on any atom is 0.196 e. The first-order valence-corrected chi connectivity index (χ1v) is 5.25. The summed E-state index contributed by atoms with van der Waals surface area (Å²) in [5, 5.41) is 0. The lowest BCUT2D eigenvalue weighted by molar-refractivity contribution is 0.103. The number of carbonyl (C=O) groups excluding carboxylic acids is 1. The molecule has 4 N–H and O–H groups in total. The van der Waals surface area contributed by atoms with E-state index >= 15 is 0 Å². The summed E-state index contributed by atoms with van der Waals surface area (Å²) in [6.07, 6.45) is 3.04. The summed E-state index contributed by atoms with van der Waals surface area (Å²) in [5.41, 5.74) is 13.7. The van der Waals surface area contributed by atoms with Gasteiger partial charge in [-0.15, -0.1) is 0 Å². The van der Waals surface area contributed by atoms with E-state index in [2.05, 4.69) is 4.98 Å². The Balaban J connectivity index is 2.34. The highest BCUT2D eigenvalue weighted by atomic mass is 16.1. The maximum atomic E-state index is 12.1. The standard InChI is InChI=1S/C13H13N3O/c14-7-9-1-3-10(4-2-9)13(17)11-8-16-6-5-12(11)15/h1-6,8H,7,14H2,(H2,15,16).